The maximum atomic E-state index is 13.4. The van der Waals surface area contributed by atoms with Crippen molar-refractivity contribution in [1.82, 2.24) is 19.4 Å². The van der Waals surface area contributed by atoms with E-state index >= 15 is 0 Å². The summed E-state index contributed by atoms with van der Waals surface area (Å²) in [6.45, 7) is 0. The smallest absolute Gasteiger partial charge is 0.243 e. The Labute approximate surface area is 174 Å². The molecule has 0 N–H and O–H groups in total. The van der Waals surface area contributed by atoms with Gasteiger partial charge in [0.15, 0.2) is 0 Å². The zero-order valence-corrected chi connectivity index (χ0v) is 17.3. The summed E-state index contributed by atoms with van der Waals surface area (Å²) in [5.74, 6) is 1.71. The molecule has 4 heterocycles. The highest BCUT2D eigenvalue weighted by atomic mass is 32.2. The molecule has 0 radical (unpaired) electrons. The molecule has 8 nitrogen and oxygen atoms in total. The van der Waals surface area contributed by atoms with Crippen molar-refractivity contribution in [2.75, 3.05) is 7.11 Å². The summed E-state index contributed by atoms with van der Waals surface area (Å²) in [5, 5.41) is 4.11. The standard InChI is InChI=1S/C21H22N4O4S/c1-28-18-3-2-4-19(13-18)30(26,27)25-16-5-6-17(25)12-15(11-16)21-23-20(24-29-21)14-7-9-22-10-8-14/h2-4,7-10,13,15-17H,5-6,11-12H2,1H3/t15?,16-,17+. The van der Waals surface area contributed by atoms with Crippen molar-refractivity contribution in [3.8, 4) is 17.1 Å². The van der Waals surface area contributed by atoms with Crippen LogP contribution in [-0.4, -0.2) is 47.0 Å². The van der Waals surface area contributed by atoms with Crippen molar-refractivity contribution in [1.29, 1.82) is 0 Å². The van der Waals surface area contributed by atoms with Gasteiger partial charge in [0.25, 0.3) is 0 Å². The van der Waals surface area contributed by atoms with E-state index in [1.54, 1.807) is 41.0 Å². The lowest BCUT2D eigenvalue weighted by molar-refractivity contribution is 0.202. The van der Waals surface area contributed by atoms with E-state index in [1.807, 2.05) is 12.1 Å². The van der Waals surface area contributed by atoms with Gasteiger partial charge in [0.05, 0.1) is 12.0 Å². The second-order valence-electron chi connectivity index (χ2n) is 7.76. The maximum Gasteiger partial charge on any atom is 0.243 e. The van der Waals surface area contributed by atoms with Crippen LogP contribution in [0.3, 0.4) is 0 Å². The number of ether oxygens (including phenoxy) is 1. The van der Waals surface area contributed by atoms with E-state index in [2.05, 4.69) is 15.1 Å². The Balaban J connectivity index is 1.38. The van der Waals surface area contributed by atoms with Gasteiger partial charge in [-0.2, -0.15) is 9.29 Å². The van der Waals surface area contributed by atoms with Gasteiger partial charge in [0.2, 0.25) is 21.7 Å². The van der Waals surface area contributed by atoms with Crippen molar-refractivity contribution in [3.63, 3.8) is 0 Å². The minimum absolute atomic E-state index is 0.0577. The molecule has 30 heavy (non-hydrogen) atoms. The molecule has 9 heteroatoms. The number of aromatic nitrogens is 3. The van der Waals surface area contributed by atoms with Crippen molar-refractivity contribution in [3.05, 3.63) is 54.7 Å². The number of benzene rings is 1. The topological polar surface area (TPSA) is 98.4 Å². The van der Waals surface area contributed by atoms with Crippen LogP contribution in [0.4, 0.5) is 0 Å². The number of sulfonamides is 1. The highest BCUT2D eigenvalue weighted by Gasteiger charge is 2.48. The van der Waals surface area contributed by atoms with E-state index in [0.29, 0.717) is 30.3 Å². The second-order valence-corrected chi connectivity index (χ2v) is 9.60. The maximum absolute atomic E-state index is 13.4. The Morgan fingerprint density at radius 1 is 1.10 bits per heavy atom. The highest BCUT2D eigenvalue weighted by molar-refractivity contribution is 7.89. The summed E-state index contributed by atoms with van der Waals surface area (Å²) in [6.07, 6.45) is 6.42. The third-order valence-corrected chi connectivity index (χ3v) is 8.01. The number of fused-ring (bicyclic) bond motifs is 2. The summed E-state index contributed by atoms with van der Waals surface area (Å²) < 4.78 is 39.2. The summed E-state index contributed by atoms with van der Waals surface area (Å²) >= 11 is 0. The van der Waals surface area contributed by atoms with Gasteiger partial charge in [-0.25, -0.2) is 8.42 Å². The minimum atomic E-state index is -3.59. The van der Waals surface area contributed by atoms with Crippen molar-refractivity contribution >= 4 is 10.0 Å². The average molecular weight is 426 g/mol. The van der Waals surface area contributed by atoms with Crippen LogP contribution in [0.5, 0.6) is 5.75 Å². The van der Waals surface area contributed by atoms with Crippen LogP contribution in [0.1, 0.15) is 37.5 Å². The molecular weight excluding hydrogens is 404 g/mol. The average Bonchev–Trinajstić information content (AvgIpc) is 3.38. The quantitative estimate of drug-likeness (QED) is 0.618. The molecule has 2 bridgehead atoms. The molecule has 0 amide bonds. The summed E-state index contributed by atoms with van der Waals surface area (Å²) in [4.78, 5) is 8.86. The molecule has 2 aliphatic rings. The van der Waals surface area contributed by atoms with Crippen molar-refractivity contribution in [2.45, 2.75) is 48.6 Å². The highest BCUT2D eigenvalue weighted by Crippen LogP contribution is 2.45. The van der Waals surface area contributed by atoms with Crippen LogP contribution in [0.25, 0.3) is 11.4 Å². The first-order chi connectivity index (χ1) is 14.6. The van der Waals surface area contributed by atoms with Crippen LogP contribution >= 0.6 is 0 Å². The Kier molecular flexibility index (Phi) is 4.79. The first-order valence-corrected chi connectivity index (χ1v) is 11.4. The van der Waals surface area contributed by atoms with E-state index in [9.17, 15) is 8.42 Å². The van der Waals surface area contributed by atoms with E-state index in [1.165, 1.54) is 7.11 Å². The molecule has 2 fully saturated rings. The second kappa shape index (κ2) is 7.48. The molecule has 1 aromatic carbocycles. The fraction of sp³-hybridized carbons (Fsp3) is 0.381. The SMILES string of the molecule is COc1cccc(S(=O)(=O)N2[C@@H]3CC[C@H]2CC(c2nc(-c4ccncc4)no2)C3)c1. The van der Waals surface area contributed by atoms with E-state index in [-0.39, 0.29) is 22.9 Å². The predicted molar refractivity (Wildman–Crippen MR) is 108 cm³/mol. The summed E-state index contributed by atoms with van der Waals surface area (Å²) in [5.41, 5.74) is 0.848. The lowest BCUT2D eigenvalue weighted by Crippen LogP contribution is -2.45. The molecule has 3 aromatic rings. The first-order valence-electron chi connectivity index (χ1n) is 9.98. The molecule has 1 unspecified atom stereocenters. The normalized spacial score (nSPS) is 24.1. The molecule has 2 saturated heterocycles. The summed E-state index contributed by atoms with van der Waals surface area (Å²) in [6, 6.07) is 10.2. The van der Waals surface area contributed by atoms with Crippen LogP contribution in [0, 0.1) is 0 Å². The number of pyridine rings is 1. The Bertz CT molecular complexity index is 1130. The third kappa shape index (κ3) is 3.27. The number of rotatable bonds is 5. The zero-order chi connectivity index (χ0) is 20.7. The van der Waals surface area contributed by atoms with E-state index < -0.39 is 10.0 Å². The van der Waals surface area contributed by atoms with Gasteiger partial charge < -0.3 is 9.26 Å². The van der Waals surface area contributed by atoms with Crippen LogP contribution in [0.2, 0.25) is 0 Å². The molecule has 156 valence electrons. The van der Waals surface area contributed by atoms with Crippen LogP contribution in [-0.2, 0) is 10.0 Å². The molecular formula is C21H22N4O4S. The van der Waals surface area contributed by atoms with Gasteiger partial charge in [0.1, 0.15) is 5.75 Å². The fourth-order valence-corrected chi connectivity index (χ4v) is 6.56. The lowest BCUT2D eigenvalue weighted by atomic mass is 9.92. The number of piperidine rings is 1. The molecule has 2 aromatic heterocycles. The van der Waals surface area contributed by atoms with Crippen molar-refractivity contribution < 1.29 is 17.7 Å². The van der Waals surface area contributed by atoms with Crippen LogP contribution in [0.15, 0.2) is 58.2 Å². The van der Waals surface area contributed by atoms with Gasteiger partial charge in [-0.1, -0.05) is 11.2 Å². The molecule has 0 saturated carbocycles. The predicted octanol–water partition coefficient (Wildman–Crippen LogP) is 3.24. The van der Waals surface area contributed by atoms with E-state index in [0.717, 1.165) is 18.4 Å². The number of methoxy groups -OCH3 is 1. The fourth-order valence-electron chi connectivity index (χ4n) is 4.63. The number of nitrogens with zero attached hydrogens (tertiary/aromatic N) is 4. The Morgan fingerprint density at radius 2 is 1.83 bits per heavy atom. The summed E-state index contributed by atoms with van der Waals surface area (Å²) in [7, 11) is -2.06. The molecule has 0 aliphatic carbocycles. The van der Waals surface area contributed by atoms with Gasteiger partial charge in [-0.3, -0.25) is 4.98 Å². The number of hydrogen-bond donors (Lipinski definition) is 0. The van der Waals surface area contributed by atoms with Crippen molar-refractivity contribution in [2.24, 2.45) is 0 Å². The molecule has 0 spiro atoms. The lowest BCUT2D eigenvalue weighted by Gasteiger charge is -2.36. The molecule has 5 rings (SSSR count). The Hall–Kier alpha value is -2.78. The minimum Gasteiger partial charge on any atom is -0.497 e. The first kappa shape index (κ1) is 19.2. The van der Waals surface area contributed by atoms with Gasteiger partial charge >= 0.3 is 0 Å². The Morgan fingerprint density at radius 3 is 2.53 bits per heavy atom. The number of hydrogen-bond acceptors (Lipinski definition) is 7. The van der Waals surface area contributed by atoms with Gasteiger partial charge in [0, 0.05) is 42.0 Å². The third-order valence-electron chi connectivity index (χ3n) is 6.01. The largest absolute Gasteiger partial charge is 0.497 e. The van der Waals surface area contributed by atoms with Gasteiger partial charge in [-0.15, -0.1) is 0 Å². The van der Waals surface area contributed by atoms with Crippen LogP contribution < -0.4 is 4.74 Å². The zero-order valence-electron chi connectivity index (χ0n) is 16.5. The molecule has 2 aliphatic heterocycles. The monoisotopic (exact) mass is 426 g/mol. The van der Waals surface area contributed by atoms with E-state index in [4.69, 9.17) is 9.26 Å². The van der Waals surface area contributed by atoms with Gasteiger partial charge in [-0.05, 0) is 49.9 Å². The molecule has 3 atom stereocenters.